The number of furan rings is 1. The molecule has 132 valence electrons. The van der Waals surface area contributed by atoms with Crippen LogP contribution in [-0.2, 0) is 13.1 Å². The number of rotatable bonds is 4. The first-order valence-corrected chi connectivity index (χ1v) is 8.08. The quantitative estimate of drug-likeness (QED) is 0.774. The second-order valence-corrected chi connectivity index (χ2v) is 5.84. The van der Waals surface area contributed by atoms with Crippen LogP contribution in [-0.4, -0.2) is 32.8 Å². The van der Waals surface area contributed by atoms with Gasteiger partial charge in [0.15, 0.2) is 5.76 Å². The van der Waals surface area contributed by atoms with Gasteiger partial charge in [-0.3, -0.25) is 9.59 Å². The number of primary amides is 1. The third-order valence-electron chi connectivity index (χ3n) is 4.16. The second-order valence-electron chi connectivity index (χ2n) is 5.84. The summed E-state index contributed by atoms with van der Waals surface area (Å²) in [6, 6.07) is 12.4. The molecule has 0 spiro atoms. The van der Waals surface area contributed by atoms with Crippen LogP contribution in [0.25, 0.3) is 0 Å². The number of benzene rings is 1. The molecule has 8 nitrogen and oxygen atoms in total. The van der Waals surface area contributed by atoms with Crippen molar-refractivity contribution in [2.45, 2.75) is 13.1 Å². The summed E-state index contributed by atoms with van der Waals surface area (Å²) in [5.74, 6) is 0.880. The van der Waals surface area contributed by atoms with Gasteiger partial charge in [-0.1, -0.05) is 18.2 Å². The molecule has 3 heterocycles. The van der Waals surface area contributed by atoms with Gasteiger partial charge in [0, 0.05) is 19.2 Å². The van der Waals surface area contributed by atoms with E-state index in [0.717, 1.165) is 0 Å². The lowest BCUT2D eigenvalue weighted by molar-refractivity contribution is 0.0669. The van der Waals surface area contributed by atoms with Gasteiger partial charge in [0.2, 0.25) is 0 Å². The highest BCUT2D eigenvalue weighted by molar-refractivity contribution is 5.92. The molecule has 0 unspecified atom stereocenters. The van der Waals surface area contributed by atoms with E-state index < -0.39 is 5.91 Å². The summed E-state index contributed by atoms with van der Waals surface area (Å²) in [5, 5.41) is 0. The van der Waals surface area contributed by atoms with E-state index in [1.54, 1.807) is 33.7 Å². The van der Waals surface area contributed by atoms with Gasteiger partial charge in [-0.15, -0.1) is 0 Å². The van der Waals surface area contributed by atoms with Crippen molar-refractivity contribution in [1.29, 1.82) is 0 Å². The summed E-state index contributed by atoms with van der Waals surface area (Å²) in [6.45, 7) is 1.16. The molecule has 0 saturated carbocycles. The molecule has 0 radical (unpaired) electrons. The third kappa shape index (κ3) is 2.92. The van der Waals surface area contributed by atoms with Crippen LogP contribution in [0.5, 0.6) is 11.7 Å². The molecule has 3 aromatic rings. The fourth-order valence-electron chi connectivity index (χ4n) is 2.88. The molecule has 0 atom stereocenters. The van der Waals surface area contributed by atoms with Crippen LogP contribution in [0.4, 0.5) is 0 Å². The zero-order chi connectivity index (χ0) is 18.1. The molecular formula is C18H16N4O4. The number of nitrogens with two attached hydrogens (primary N) is 1. The Bertz CT molecular complexity index is 961. The molecule has 1 aromatic carbocycles. The maximum absolute atomic E-state index is 12.7. The number of amides is 2. The van der Waals surface area contributed by atoms with E-state index in [2.05, 4.69) is 4.98 Å². The summed E-state index contributed by atoms with van der Waals surface area (Å²) in [6.07, 6.45) is 1.43. The summed E-state index contributed by atoms with van der Waals surface area (Å²) in [4.78, 5) is 29.8. The van der Waals surface area contributed by atoms with E-state index in [9.17, 15) is 9.59 Å². The predicted molar refractivity (Wildman–Crippen MR) is 90.7 cm³/mol. The largest absolute Gasteiger partial charge is 0.426 e. The first-order valence-electron chi connectivity index (χ1n) is 8.08. The van der Waals surface area contributed by atoms with Crippen LogP contribution in [0, 0.1) is 0 Å². The Morgan fingerprint density at radius 2 is 1.92 bits per heavy atom. The molecule has 2 N–H and O–H groups in total. The Morgan fingerprint density at radius 3 is 2.69 bits per heavy atom. The number of hydrogen-bond acceptors (Lipinski definition) is 5. The normalized spacial score (nSPS) is 13.3. The Hall–Kier alpha value is -3.55. The van der Waals surface area contributed by atoms with Crippen LogP contribution in [0.1, 0.15) is 26.9 Å². The van der Waals surface area contributed by atoms with Crippen molar-refractivity contribution in [3.8, 4) is 11.7 Å². The van der Waals surface area contributed by atoms with Gasteiger partial charge in [-0.25, -0.2) is 4.98 Å². The Morgan fingerprint density at radius 1 is 1.12 bits per heavy atom. The van der Waals surface area contributed by atoms with Gasteiger partial charge < -0.3 is 24.4 Å². The van der Waals surface area contributed by atoms with E-state index in [4.69, 9.17) is 14.9 Å². The van der Waals surface area contributed by atoms with Crippen molar-refractivity contribution in [1.82, 2.24) is 14.5 Å². The Balaban J connectivity index is 1.47. The molecule has 4 rings (SSSR count). The van der Waals surface area contributed by atoms with Crippen LogP contribution < -0.4 is 10.5 Å². The van der Waals surface area contributed by atoms with Gasteiger partial charge >= 0.3 is 0 Å². The topological polar surface area (TPSA) is 104 Å². The summed E-state index contributed by atoms with van der Waals surface area (Å²) < 4.78 is 12.8. The molecule has 0 fully saturated rings. The number of nitrogens with zero attached hydrogens (tertiary/aromatic N) is 3. The average Bonchev–Trinajstić information content (AvgIpc) is 3.28. The predicted octanol–water partition coefficient (Wildman–Crippen LogP) is 2.02. The Kier molecular flexibility index (Phi) is 3.92. The van der Waals surface area contributed by atoms with Crippen LogP contribution in [0.15, 0.2) is 53.1 Å². The highest BCUT2D eigenvalue weighted by Crippen LogP contribution is 2.25. The highest BCUT2D eigenvalue weighted by Gasteiger charge is 2.27. The van der Waals surface area contributed by atoms with Crippen LogP contribution in [0.3, 0.4) is 0 Å². The van der Waals surface area contributed by atoms with Crippen molar-refractivity contribution in [3.05, 3.63) is 65.9 Å². The molecule has 0 bridgehead atoms. The number of aromatic nitrogens is 2. The third-order valence-corrected chi connectivity index (χ3v) is 4.16. The van der Waals surface area contributed by atoms with Gasteiger partial charge in [0.1, 0.15) is 17.3 Å². The van der Waals surface area contributed by atoms with Crippen molar-refractivity contribution in [3.63, 3.8) is 0 Å². The van der Waals surface area contributed by atoms with Crippen molar-refractivity contribution in [2.75, 3.05) is 6.54 Å². The average molecular weight is 352 g/mol. The maximum Gasteiger partial charge on any atom is 0.290 e. The Labute approximate surface area is 148 Å². The second kappa shape index (κ2) is 6.40. The molecule has 0 saturated heterocycles. The monoisotopic (exact) mass is 352 g/mol. The molecule has 1 aliphatic heterocycles. The lowest BCUT2D eigenvalue weighted by Crippen LogP contribution is -2.39. The molecule has 1 aliphatic rings. The zero-order valence-electron chi connectivity index (χ0n) is 13.8. The zero-order valence-corrected chi connectivity index (χ0v) is 13.8. The van der Waals surface area contributed by atoms with E-state index in [0.29, 0.717) is 30.4 Å². The van der Waals surface area contributed by atoms with Crippen molar-refractivity contribution < 1.29 is 18.7 Å². The van der Waals surface area contributed by atoms with Gasteiger partial charge in [-0.05, 0) is 18.2 Å². The number of para-hydroxylation sites is 1. The van der Waals surface area contributed by atoms with Gasteiger partial charge in [-0.2, -0.15) is 0 Å². The van der Waals surface area contributed by atoms with Crippen molar-refractivity contribution in [2.24, 2.45) is 5.73 Å². The van der Waals surface area contributed by atoms with Gasteiger partial charge in [0.25, 0.3) is 17.8 Å². The van der Waals surface area contributed by atoms with Crippen molar-refractivity contribution >= 4 is 11.8 Å². The minimum Gasteiger partial charge on any atom is -0.426 e. The minimum atomic E-state index is -0.530. The van der Waals surface area contributed by atoms with E-state index in [1.165, 1.54) is 6.20 Å². The molecule has 26 heavy (non-hydrogen) atoms. The number of carbonyl (C=O) groups excluding carboxylic acids is 2. The standard InChI is InChI=1S/C18H16N4O4/c19-17(23)13-10-20-15-11-21(8-9-22(13)15)18(24)14-6-7-16(26-14)25-12-4-2-1-3-5-12/h1-7,10H,8-9,11H2,(H2,19,23). The molecule has 8 heteroatoms. The minimum absolute atomic E-state index is 0.186. The number of imidazole rings is 1. The molecule has 0 aliphatic carbocycles. The SMILES string of the molecule is NC(=O)c1cnc2n1CCN(C(=O)c1ccc(Oc3ccccc3)o1)C2. The lowest BCUT2D eigenvalue weighted by atomic mass is 10.3. The van der Waals surface area contributed by atoms with E-state index >= 15 is 0 Å². The first kappa shape index (κ1) is 15.9. The fourth-order valence-corrected chi connectivity index (χ4v) is 2.88. The van der Waals surface area contributed by atoms with Gasteiger partial charge in [0.05, 0.1) is 12.7 Å². The maximum atomic E-state index is 12.7. The number of fused-ring (bicyclic) bond motifs is 1. The summed E-state index contributed by atoms with van der Waals surface area (Å²) >= 11 is 0. The molecule has 2 amide bonds. The number of ether oxygens (including phenoxy) is 1. The fraction of sp³-hybridized carbons (Fsp3) is 0.167. The lowest BCUT2D eigenvalue weighted by Gasteiger charge is -2.27. The van der Waals surface area contributed by atoms with Crippen LogP contribution in [0.2, 0.25) is 0 Å². The van der Waals surface area contributed by atoms with E-state index in [-0.39, 0.29) is 24.2 Å². The molecule has 2 aromatic heterocycles. The number of carbonyl (C=O) groups is 2. The first-order chi connectivity index (χ1) is 12.6. The highest BCUT2D eigenvalue weighted by atomic mass is 16.6. The van der Waals surface area contributed by atoms with E-state index in [1.807, 2.05) is 18.2 Å². The van der Waals surface area contributed by atoms with Crippen LogP contribution >= 0.6 is 0 Å². The number of hydrogen-bond donors (Lipinski definition) is 1. The summed E-state index contributed by atoms with van der Waals surface area (Å²) in [7, 11) is 0. The smallest absolute Gasteiger partial charge is 0.290 e. The summed E-state index contributed by atoms with van der Waals surface area (Å²) in [5.41, 5.74) is 5.68. The molecular weight excluding hydrogens is 336 g/mol.